The molecule has 1 atom stereocenters. The van der Waals surface area contributed by atoms with Gasteiger partial charge in [0.2, 0.25) is 0 Å². The van der Waals surface area contributed by atoms with Gasteiger partial charge in [-0.15, -0.1) is 0 Å². The topological polar surface area (TPSA) is 102 Å². The van der Waals surface area contributed by atoms with Crippen LogP contribution in [-0.2, 0) is 9.53 Å². The highest BCUT2D eigenvalue weighted by atomic mass is 79.9. The van der Waals surface area contributed by atoms with E-state index in [2.05, 4.69) is 21.2 Å². The molecule has 1 aliphatic rings. The lowest BCUT2D eigenvalue weighted by molar-refractivity contribution is -0.143. The number of hydrogen-bond donors (Lipinski definition) is 2. The molecule has 0 radical (unpaired) electrons. The lowest BCUT2D eigenvalue weighted by Crippen LogP contribution is -2.22. The zero-order valence-corrected chi connectivity index (χ0v) is 15.0. The fraction of sp³-hybridized carbons (Fsp3) is 0.167. The second kappa shape index (κ2) is 7.57. The van der Waals surface area contributed by atoms with Crippen LogP contribution in [0.25, 0.3) is 0 Å². The van der Waals surface area contributed by atoms with Crippen LogP contribution in [0.1, 0.15) is 27.1 Å². The summed E-state index contributed by atoms with van der Waals surface area (Å²) in [5, 5.41) is 11.8. The molecule has 1 amide bonds. The number of amides is 1. The normalized spacial score (nSPS) is 16.0. The summed E-state index contributed by atoms with van der Waals surface area (Å²) in [7, 11) is 0. The molecule has 7 nitrogen and oxygen atoms in total. The fourth-order valence-corrected chi connectivity index (χ4v) is 2.82. The average Bonchev–Trinajstić information content (AvgIpc) is 3.01. The Morgan fingerprint density at radius 2 is 2.04 bits per heavy atom. The molecule has 0 spiro atoms. The number of carboxylic acids is 1. The molecule has 8 heteroatoms. The Morgan fingerprint density at radius 3 is 2.73 bits per heavy atom. The van der Waals surface area contributed by atoms with Crippen LogP contribution < -0.4 is 10.1 Å². The number of carboxylic acid groups (broad SMARTS) is 1. The summed E-state index contributed by atoms with van der Waals surface area (Å²) >= 11 is 3.20. The molecule has 2 N–H and O–H groups in total. The maximum atomic E-state index is 12.5. The summed E-state index contributed by atoms with van der Waals surface area (Å²) in [6.45, 7) is 0.311. The van der Waals surface area contributed by atoms with Gasteiger partial charge in [-0.2, -0.15) is 0 Å². The van der Waals surface area contributed by atoms with Crippen molar-refractivity contribution in [3.63, 3.8) is 0 Å². The van der Waals surface area contributed by atoms with Crippen LogP contribution in [0.4, 0.5) is 5.69 Å². The van der Waals surface area contributed by atoms with E-state index >= 15 is 0 Å². The predicted octanol–water partition coefficient (Wildman–Crippen LogP) is 3.09. The van der Waals surface area contributed by atoms with Crippen molar-refractivity contribution in [2.24, 2.45) is 0 Å². The van der Waals surface area contributed by atoms with Crippen molar-refractivity contribution in [2.75, 3.05) is 11.9 Å². The molecule has 1 saturated heterocycles. The monoisotopic (exact) mass is 419 g/mol. The van der Waals surface area contributed by atoms with Crippen molar-refractivity contribution < 1.29 is 29.0 Å². The van der Waals surface area contributed by atoms with E-state index in [1.807, 2.05) is 0 Å². The van der Waals surface area contributed by atoms with Gasteiger partial charge < -0.3 is 19.9 Å². The third-order valence-electron chi connectivity index (χ3n) is 3.72. The molecule has 26 heavy (non-hydrogen) atoms. The molecule has 3 rings (SSSR count). The molecule has 1 aliphatic heterocycles. The zero-order chi connectivity index (χ0) is 18.7. The Hall–Kier alpha value is -2.87. The number of aromatic carboxylic acids is 1. The zero-order valence-electron chi connectivity index (χ0n) is 13.4. The third-order valence-corrected chi connectivity index (χ3v) is 4.22. The molecule has 2 aromatic carbocycles. The molecule has 1 heterocycles. The number of cyclic esters (lactones) is 1. The number of halogens is 1. The van der Waals surface area contributed by atoms with Gasteiger partial charge in [0.05, 0.1) is 17.9 Å². The van der Waals surface area contributed by atoms with Gasteiger partial charge >= 0.3 is 11.9 Å². The van der Waals surface area contributed by atoms with E-state index in [1.54, 1.807) is 24.3 Å². The minimum Gasteiger partial charge on any atom is -0.479 e. The van der Waals surface area contributed by atoms with Gasteiger partial charge in [-0.3, -0.25) is 4.79 Å². The van der Waals surface area contributed by atoms with Crippen molar-refractivity contribution >= 4 is 39.5 Å². The molecule has 1 fully saturated rings. The number of rotatable bonds is 5. The smallest absolute Gasteiger partial charge is 0.347 e. The first-order valence-electron chi connectivity index (χ1n) is 7.71. The van der Waals surface area contributed by atoms with Gasteiger partial charge in [-0.25, -0.2) is 9.59 Å². The number of carbonyl (C=O) groups is 3. The van der Waals surface area contributed by atoms with Gasteiger partial charge in [0.15, 0.2) is 6.10 Å². The maximum Gasteiger partial charge on any atom is 0.347 e. The summed E-state index contributed by atoms with van der Waals surface area (Å²) in [5.41, 5.74) is 0.415. The molecule has 0 saturated carbocycles. The molecule has 2 aromatic rings. The SMILES string of the molecule is O=C(Nc1ccc(Br)cc1C(=O)O)c1cccc(OC2CCOC2=O)c1. The second-order valence-corrected chi connectivity index (χ2v) is 6.46. The second-order valence-electron chi connectivity index (χ2n) is 5.54. The minimum atomic E-state index is -1.15. The Bertz CT molecular complexity index is 882. The number of ether oxygens (including phenoxy) is 2. The number of carbonyl (C=O) groups excluding carboxylic acids is 2. The van der Waals surface area contributed by atoms with Crippen LogP contribution in [0.15, 0.2) is 46.9 Å². The van der Waals surface area contributed by atoms with Crippen LogP contribution in [0.5, 0.6) is 5.75 Å². The van der Waals surface area contributed by atoms with Gasteiger partial charge in [0, 0.05) is 16.5 Å². The highest BCUT2D eigenvalue weighted by molar-refractivity contribution is 9.10. The lowest BCUT2D eigenvalue weighted by Gasteiger charge is -2.12. The van der Waals surface area contributed by atoms with Crippen molar-refractivity contribution in [3.05, 3.63) is 58.1 Å². The average molecular weight is 420 g/mol. The Kier molecular flexibility index (Phi) is 5.22. The van der Waals surface area contributed by atoms with Crippen LogP contribution in [0.2, 0.25) is 0 Å². The van der Waals surface area contributed by atoms with Crippen molar-refractivity contribution in [1.82, 2.24) is 0 Å². The van der Waals surface area contributed by atoms with Crippen molar-refractivity contribution in [1.29, 1.82) is 0 Å². The van der Waals surface area contributed by atoms with E-state index in [1.165, 1.54) is 18.2 Å². The Balaban J connectivity index is 1.77. The standard InChI is InChI=1S/C18H14BrNO6/c19-11-4-5-14(13(9-11)17(22)23)20-16(21)10-2-1-3-12(8-10)26-15-6-7-25-18(15)24/h1-5,8-9,15H,6-7H2,(H,20,21)(H,22,23). The van der Waals surface area contributed by atoms with E-state index in [-0.39, 0.29) is 16.8 Å². The van der Waals surface area contributed by atoms with E-state index in [4.69, 9.17) is 9.47 Å². The van der Waals surface area contributed by atoms with E-state index in [9.17, 15) is 19.5 Å². The van der Waals surface area contributed by atoms with Crippen LogP contribution in [-0.4, -0.2) is 35.7 Å². The summed E-state index contributed by atoms with van der Waals surface area (Å²) < 4.78 is 11.0. The number of nitrogens with one attached hydrogen (secondary N) is 1. The summed E-state index contributed by atoms with van der Waals surface area (Å²) in [6.07, 6.45) is -0.228. The Morgan fingerprint density at radius 1 is 1.23 bits per heavy atom. The highest BCUT2D eigenvalue weighted by Crippen LogP contribution is 2.23. The fourth-order valence-electron chi connectivity index (χ4n) is 2.46. The molecule has 134 valence electrons. The minimum absolute atomic E-state index is 0.0335. The first-order chi connectivity index (χ1) is 12.4. The van der Waals surface area contributed by atoms with Gasteiger partial charge in [-0.05, 0) is 36.4 Å². The molecule has 0 aliphatic carbocycles. The predicted molar refractivity (Wildman–Crippen MR) is 95.5 cm³/mol. The number of hydrogen-bond acceptors (Lipinski definition) is 5. The Labute approximate surface area is 157 Å². The van der Waals surface area contributed by atoms with Crippen LogP contribution in [0.3, 0.4) is 0 Å². The van der Waals surface area contributed by atoms with E-state index < -0.39 is 23.9 Å². The van der Waals surface area contributed by atoms with Crippen molar-refractivity contribution in [2.45, 2.75) is 12.5 Å². The quantitative estimate of drug-likeness (QED) is 0.721. The van der Waals surface area contributed by atoms with Gasteiger partial charge in [-0.1, -0.05) is 22.0 Å². The molecule has 0 bridgehead atoms. The molecular weight excluding hydrogens is 406 g/mol. The molecular formula is C18H14BrNO6. The lowest BCUT2D eigenvalue weighted by atomic mass is 10.1. The molecule has 0 aromatic heterocycles. The maximum absolute atomic E-state index is 12.5. The summed E-state index contributed by atoms with van der Waals surface area (Å²) in [5.74, 6) is -1.72. The van der Waals surface area contributed by atoms with Crippen molar-refractivity contribution in [3.8, 4) is 5.75 Å². The van der Waals surface area contributed by atoms with Crippen LogP contribution in [0, 0.1) is 0 Å². The van der Waals surface area contributed by atoms with Crippen LogP contribution >= 0.6 is 15.9 Å². The van der Waals surface area contributed by atoms with E-state index in [0.717, 1.165) is 0 Å². The largest absolute Gasteiger partial charge is 0.479 e. The summed E-state index contributed by atoms with van der Waals surface area (Å²) in [6, 6.07) is 10.8. The molecule has 1 unspecified atom stereocenters. The number of esters is 1. The van der Waals surface area contributed by atoms with E-state index in [0.29, 0.717) is 23.2 Å². The van der Waals surface area contributed by atoms with Gasteiger partial charge in [0.1, 0.15) is 5.75 Å². The van der Waals surface area contributed by atoms with Gasteiger partial charge in [0.25, 0.3) is 5.91 Å². The third kappa shape index (κ3) is 4.02. The first kappa shape index (κ1) is 17.9. The summed E-state index contributed by atoms with van der Waals surface area (Å²) in [4.78, 5) is 35.3. The highest BCUT2D eigenvalue weighted by Gasteiger charge is 2.28. The first-order valence-corrected chi connectivity index (χ1v) is 8.51. The number of benzene rings is 2. The number of anilines is 1.